The van der Waals surface area contributed by atoms with Gasteiger partial charge in [-0.05, 0) is 43.5 Å². The number of nitrogens with one attached hydrogen (secondary N) is 1. The van der Waals surface area contributed by atoms with E-state index in [2.05, 4.69) is 15.2 Å². The van der Waals surface area contributed by atoms with Gasteiger partial charge in [0.1, 0.15) is 6.61 Å². The topological polar surface area (TPSA) is 84.0 Å². The number of carbonyl (C=O) groups excluding carboxylic acids is 2. The van der Waals surface area contributed by atoms with Crippen LogP contribution >= 0.6 is 0 Å². The first-order valence-corrected chi connectivity index (χ1v) is 11.4. The van der Waals surface area contributed by atoms with Crippen LogP contribution in [0.3, 0.4) is 0 Å². The van der Waals surface area contributed by atoms with Gasteiger partial charge in [0.15, 0.2) is 0 Å². The second kappa shape index (κ2) is 12.7. The van der Waals surface area contributed by atoms with Gasteiger partial charge >= 0.3 is 0 Å². The van der Waals surface area contributed by atoms with Crippen molar-refractivity contribution < 1.29 is 19.1 Å². The molecule has 0 aliphatic carbocycles. The number of hydrogen-bond acceptors (Lipinski definition) is 6. The molecule has 0 unspecified atom stereocenters. The van der Waals surface area contributed by atoms with Gasteiger partial charge < -0.3 is 19.7 Å². The Morgan fingerprint density at radius 2 is 1.97 bits per heavy atom. The van der Waals surface area contributed by atoms with Gasteiger partial charge in [-0.15, -0.1) is 0 Å². The van der Waals surface area contributed by atoms with E-state index >= 15 is 0 Å². The summed E-state index contributed by atoms with van der Waals surface area (Å²) in [7, 11) is 1.61. The van der Waals surface area contributed by atoms with Crippen molar-refractivity contribution in [3.63, 3.8) is 0 Å². The molecule has 3 rings (SSSR count). The van der Waals surface area contributed by atoms with Gasteiger partial charge in [0.25, 0.3) is 0 Å². The molecule has 0 radical (unpaired) electrons. The molecule has 0 aromatic carbocycles. The number of carbonyl (C=O) groups is 2. The summed E-state index contributed by atoms with van der Waals surface area (Å²) in [5.41, 5.74) is 1.18. The Morgan fingerprint density at radius 3 is 2.77 bits per heavy atom. The number of aromatic nitrogens is 1. The first-order valence-electron chi connectivity index (χ1n) is 11.4. The highest BCUT2D eigenvalue weighted by Gasteiger charge is 2.39. The molecule has 3 heterocycles. The molecule has 0 bridgehead atoms. The third-order valence-corrected chi connectivity index (χ3v) is 6.20. The SMILES string of the molecule is COCCOCC(=O)N1CC[C@H]2C(=O)NCCCCCCN(Cc3ccncc3)[C@@H]2C1. The summed E-state index contributed by atoms with van der Waals surface area (Å²) >= 11 is 0. The molecule has 0 spiro atoms. The summed E-state index contributed by atoms with van der Waals surface area (Å²) in [5.74, 6) is -0.0124. The number of hydrogen-bond donors (Lipinski definition) is 1. The van der Waals surface area contributed by atoms with E-state index in [1.807, 2.05) is 17.0 Å². The fraction of sp³-hybridized carbons (Fsp3) is 0.696. The quantitative estimate of drug-likeness (QED) is 0.657. The molecule has 2 fully saturated rings. The van der Waals surface area contributed by atoms with Gasteiger partial charge in [-0.1, -0.05) is 12.8 Å². The number of piperidine rings is 1. The number of rotatable bonds is 7. The van der Waals surface area contributed by atoms with Crippen LogP contribution in [0.2, 0.25) is 0 Å². The van der Waals surface area contributed by atoms with Gasteiger partial charge in [-0.25, -0.2) is 0 Å². The molecular weight excluding hydrogens is 396 g/mol. The Bertz CT molecular complexity index is 687. The number of ether oxygens (including phenoxy) is 2. The van der Waals surface area contributed by atoms with Crippen molar-refractivity contribution in [1.82, 2.24) is 20.1 Å². The molecule has 2 aliphatic heterocycles. The first kappa shape index (κ1) is 23.6. The largest absolute Gasteiger partial charge is 0.382 e. The van der Waals surface area contributed by atoms with Crippen molar-refractivity contribution in [2.24, 2.45) is 5.92 Å². The second-order valence-electron chi connectivity index (χ2n) is 8.38. The van der Waals surface area contributed by atoms with E-state index in [4.69, 9.17) is 9.47 Å². The molecule has 2 atom stereocenters. The van der Waals surface area contributed by atoms with E-state index in [9.17, 15) is 9.59 Å². The van der Waals surface area contributed by atoms with E-state index in [0.717, 1.165) is 45.3 Å². The monoisotopic (exact) mass is 432 g/mol. The molecule has 1 N–H and O–H groups in total. The molecule has 8 nitrogen and oxygen atoms in total. The molecule has 1 aromatic heterocycles. The molecule has 2 saturated heterocycles. The number of likely N-dealkylation sites (tertiary alicyclic amines) is 1. The maximum atomic E-state index is 13.0. The lowest BCUT2D eigenvalue weighted by Crippen LogP contribution is -2.58. The average Bonchev–Trinajstić information content (AvgIpc) is 2.83. The van der Waals surface area contributed by atoms with Gasteiger partial charge in [0, 0.05) is 51.7 Å². The van der Waals surface area contributed by atoms with Crippen LogP contribution in [0, 0.1) is 5.92 Å². The van der Waals surface area contributed by atoms with Crippen LogP contribution in [0.5, 0.6) is 0 Å². The zero-order valence-electron chi connectivity index (χ0n) is 18.6. The van der Waals surface area contributed by atoms with Crippen molar-refractivity contribution in [3.8, 4) is 0 Å². The summed E-state index contributed by atoms with van der Waals surface area (Å²) < 4.78 is 10.4. The van der Waals surface area contributed by atoms with Crippen LogP contribution in [0.15, 0.2) is 24.5 Å². The number of pyridine rings is 1. The summed E-state index contributed by atoms with van der Waals surface area (Å²) in [4.78, 5) is 34.1. The smallest absolute Gasteiger partial charge is 0.248 e. The number of amides is 2. The van der Waals surface area contributed by atoms with E-state index in [0.29, 0.717) is 32.7 Å². The molecule has 2 aliphatic rings. The fourth-order valence-corrected chi connectivity index (χ4v) is 4.45. The Hall–Kier alpha value is -2.03. The summed E-state index contributed by atoms with van der Waals surface area (Å²) in [6.45, 7) is 4.47. The normalized spacial score (nSPS) is 23.5. The van der Waals surface area contributed by atoms with Crippen molar-refractivity contribution in [3.05, 3.63) is 30.1 Å². The number of methoxy groups -OCH3 is 1. The van der Waals surface area contributed by atoms with E-state index in [1.54, 1.807) is 19.5 Å². The predicted octanol–water partition coefficient (Wildman–Crippen LogP) is 1.45. The lowest BCUT2D eigenvalue weighted by Gasteiger charge is -2.43. The van der Waals surface area contributed by atoms with Crippen LogP contribution < -0.4 is 5.32 Å². The highest BCUT2D eigenvalue weighted by Crippen LogP contribution is 2.26. The van der Waals surface area contributed by atoms with Crippen LogP contribution in [-0.4, -0.2) is 85.7 Å². The average molecular weight is 433 g/mol. The number of nitrogens with zero attached hydrogens (tertiary/aromatic N) is 3. The van der Waals surface area contributed by atoms with Gasteiger partial charge in [0.05, 0.1) is 19.1 Å². The highest BCUT2D eigenvalue weighted by molar-refractivity contribution is 5.81. The van der Waals surface area contributed by atoms with E-state index in [1.165, 1.54) is 5.56 Å². The standard InChI is InChI=1S/C23H36N4O4/c1-30-14-15-31-18-22(28)27-13-8-20-21(17-27)26(16-19-6-10-24-11-7-19)12-5-3-2-4-9-25-23(20)29/h6-7,10-11,20-21H,2-5,8-9,12-18H2,1H3,(H,25,29)/t20-,21-/m1/s1. The van der Waals surface area contributed by atoms with Gasteiger partial charge in [0.2, 0.25) is 11.8 Å². The molecule has 1 aromatic rings. The lowest BCUT2D eigenvalue weighted by atomic mass is 9.88. The highest BCUT2D eigenvalue weighted by atomic mass is 16.5. The molecule has 31 heavy (non-hydrogen) atoms. The fourth-order valence-electron chi connectivity index (χ4n) is 4.45. The molecular formula is C23H36N4O4. The Morgan fingerprint density at radius 1 is 1.16 bits per heavy atom. The minimum atomic E-state index is -0.113. The van der Waals surface area contributed by atoms with Crippen LogP contribution in [-0.2, 0) is 25.6 Å². The third-order valence-electron chi connectivity index (χ3n) is 6.20. The molecule has 172 valence electrons. The van der Waals surface area contributed by atoms with Crippen molar-refractivity contribution >= 4 is 11.8 Å². The summed E-state index contributed by atoms with van der Waals surface area (Å²) in [6.07, 6.45) is 8.68. The van der Waals surface area contributed by atoms with Crippen LogP contribution in [0.1, 0.15) is 37.7 Å². The minimum Gasteiger partial charge on any atom is -0.382 e. The molecule has 0 saturated carbocycles. The predicted molar refractivity (Wildman–Crippen MR) is 117 cm³/mol. The van der Waals surface area contributed by atoms with E-state index in [-0.39, 0.29) is 30.4 Å². The lowest BCUT2D eigenvalue weighted by molar-refractivity contribution is -0.143. The number of fused-ring (bicyclic) bond motifs is 1. The van der Waals surface area contributed by atoms with Crippen LogP contribution in [0.25, 0.3) is 0 Å². The Kier molecular flexibility index (Phi) is 9.71. The zero-order chi connectivity index (χ0) is 21.9. The second-order valence-corrected chi connectivity index (χ2v) is 8.38. The zero-order valence-corrected chi connectivity index (χ0v) is 18.6. The van der Waals surface area contributed by atoms with Crippen molar-refractivity contribution in [1.29, 1.82) is 0 Å². The summed E-state index contributed by atoms with van der Waals surface area (Å²) in [5, 5.41) is 3.14. The minimum absolute atomic E-state index is 0.0112. The van der Waals surface area contributed by atoms with Gasteiger partial charge in [-0.2, -0.15) is 0 Å². The third kappa shape index (κ3) is 7.26. The van der Waals surface area contributed by atoms with Crippen molar-refractivity contribution in [2.75, 3.05) is 53.1 Å². The van der Waals surface area contributed by atoms with Crippen LogP contribution in [0.4, 0.5) is 0 Å². The Labute approximate surface area is 185 Å². The Balaban J connectivity index is 1.74. The first-order chi connectivity index (χ1) is 15.2. The van der Waals surface area contributed by atoms with Crippen molar-refractivity contribution in [2.45, 2.75) is 44.7 Å². The maximum absolute atomic E-state index is 13.0. The maximum Gasteiger partial charge on any atom is 0.248 e. The summed E-state index contributed by atoms with van der Waals surface area (Å²) in [6, 6.07) is 4.04. The van der Waals surface area contributed by atoms with E-state index < -0.39 is 0 Å². The molecule has 8 heteroatoms. The molecule has 2 amide bonds. The van der Waals surface area contributed by atoms with Gasteiger partial charge in [-0.3, -0.25) is 19.5 Å².